The average Bonchev–Trinajstić information content (AvgIpc) is 2.73. The van der Waals surface area contributed by atoms with Crippen molar-refractivity contribution in [2.24, 2.45) is 5.14 Å². The van der Waals surface area contributed by atoms with E-state index >= 15 is 0 Å². The Morgan fingerprint density at radius 1 is 1.43 bits per heavy atom. The molecule has 5 nitrogen and oxygen atoms in total. The van der Waals surface area contributed by atoms with Crippen molar-refractivity contribution in [3.63, 3.8) is 0 Å². The molecule has 0 spiro atoms. The van der Waals surface area contributed by atoms with E-state index in [2.05, 4.69) is 10.2 Å². The number of aromatic amines is 1. The van der Waals surface area contributed by atoms with Crippen LogP contribution in [0.3, 0.4) is 0 Å². The molecule has 0 radical (unpaired) electrons. The fourth-order valence-electron chi connectivity index (χ4n) is 2.02. The van der Waals surface area contributed by atoms with Gasteiger partial charge in [-0.15, -0.1) is 0 Å². The summed E-state index contributed by atoms with van der Waals surface area (Å²) in [6.45, 7) is 0. The van der Waals surface area contributed by atoms with Gasteiger partial charge in [-0.3, -0.25) is 5.10 Å². The predicted octanol–water partition coefficient (Wildman–Crippen LogP) is 0.715. The monoisotopic (exact) mass is 215 g/mol. The first-order valence-electron chi connectivity index (χ1n) is 4.65. The lowest BCUT2D eigenvalue weighted by molar-refractivity contribution is 0.592. The maximum atomic E-state index is 11.2. The number of sulfonamides is 1. The van der Waals surface area contributed by atoms with Crippen molar-refractivity contribution in [3.8, 4) is 0 Å². The zero-order valence-corrected chi connectivity index (χ0v) is 8.55. The molecule has 0 saturated heterocycles. The predicted molar refractivity (Wildman–Crippen MR) is 51.2 cm³/mol. The average molecular weight is 215 g/mol. The summed E-state index contributed by atoms with van der Waals surface area (Å²) in [5.74, 6) is 0.283. The molecule has 0 aliphatic heterocycles. The van der Waals surface area contributed by atoms with Crippen LogP contribution >= 0.6 is 0 Å². The zero-order valence-electron chi connectivity index (χ0n) is 7.73. The molecule has 78 valence electrons. The second-order valence-corrected chi connectivity index (χ2v) is 5.20. The number of hydrogen-bond donors (Lipinski definition) is 2. The van der Waals surface area contributed by atoms with Crippen LogP contribution in [0, 0.1) is 0 Å². The van der Waals surface area contributed by atoms with Crippen LogP contribution in [-0.2, 0) is 10.0 Å². The Labute approximate surface area is 82.7 Å². The summed E-state index contributed by atoms with van der Waals surface area (Å²) in [6, 6.07) is 0. The first-order chi connectivity index (χ1) is 6.59. The van der Waals surface area contributed by atoms with Gasteiger partial charge in [-0.1, -0.05) is 12.8 Å². The van der Waals surface area contributed by atoms with Gasteiger partial charge >= 0.3 is 0 Å². The standard InChI is InChI=1S/C8H13N3O2S/c9-14(12,13)7-5-10-11-8(7)6-3-1-2-4-6/h5-6H,1-4H2,(H,10,11)(H2,9,12,13). The molecule has 3 N–H and O–H groups in total. The highest BCUT2D eigenvalue weighted by Crippen LogP contribution is 2.35. The van der Waals surface area contributed by atoms with E-state index < -0.39 is 10.0 Å². The van der Waals surface area contributed by atoms with Crippen molar-refractivity contribution in [2.75, 3.05) is 0 Å². The van der Waals surface area contributed by atoms with E-state index in [0.29, 0.717) is 5.69 Å². The number of nitrogens with two attached hydrogens (primary N) is 1. The summed E-state index contributed by atoms with van der Waals surface area (Å²) in [7, 11) is -3.62. The Balaban J connectivity index is 2.39. The number of aromatic nitrogens is 2. The highest BCUT2D eigenvalue weighted by atomic mass is 32.2. The lowest BCUT2D eigenvalue weighted by Crippen LogP contribution is -2.14. The maximum Gasteiger partial charge on any atom is 0.241 e. The van der Waals surface area contributed by atoms with Crippen molar-refractivity contribution >= 4 is 10.0 Å². The van der Waals surface area contributed by atoms with E-state index in [-0.39, 0.29) is 10.8 Å². The van der Waals surface area contributed by atoms with Gasteiger partial charge in [-0.05, 0) is 12.8 Å². The molecule has 6 heteroatoms. The van der Waals surface area contributed by atoms with Crippen LogP contribution in [0.5, 0.6) is 0 Å². The third kappa shape index (κ3) is 1.67. The summed E-state index contributed by atoms with van der Waals surface area (Å²) in [5.41, 5.74) is 0.685. The molecule has 2 rings (SSSR count). The fourth-order valence-corrected chi connectivity index (χ4v) is 2.74. The van der Waals surface area contributed by atoms with Crippen LogP contribution in [-0.4, -0.2) is 18.6 Å². The molecule has 0 bridgehead atoms. The second-order valence-electron chi connectivity index (χ2n) is 3.67. The summed E-state index contributed by atoms with van der Waals surface area (Å²) >= 11 is 0. The van der Waals surface area contributed by atoms with Gasteiger partial charge in [0.1, 0.15) is 4.90 Å². The molecule has 1 saturated carbocycles. The van der Waals surface area contributed by atoms with Gasteiger partial charge in [-0.2, -0.15) is 5.10 Å². The van der Waals surface area contributed by atoms with Gasteiger partial charge in [0.05, 0.1) is 11.9 Å². The molecular formula is C8H13N3O2S. The number of H-pyrrole nitrogens is 1. The number of primary sulfonamides is 1. The minimum absolute atomic E-state index is 0.157. The topological polar surface area (TPSA) is 88.8 Å². The molecule has 0 atom stereocenters. The Kier molecular flexibility index (Phi) is 2.32. The molecule has 1 fully saturated rings. The first kappa shape index (κ1) is 9.67. The van der Waals surface area contributed by atoms with Crippen molar-refractivity contribution < 1.29 is 8.42 Å². The van der Waals surface area contributed by atoms with Gasteiger partial charge < -0.3 is 0 Å². The van der Waals surface area contributed by atoms with E-state index in [1.54, 1.807) is 0 Å². The Morgan fingerprint density at radius 3 is 2.64 bits per heavy atom. The Morgan fingerprint density at radius 2 is 2.07 bits per heavy atom. The molecule has 1 aromatic heterocycles. The molecule has 14 heavy (non-hydrogen) atoms. The van der Waals surface area contributed by atoms with Crippen molar-refractivity contribution in [1.29, 1.82) is 0 Å². The van der Waals surface area contributed by atoms with Gasteiger partial charge in [0.25, 0.3) is 0 Å². The highest BCUT2D eigenvalue weighted by Gasteiger charge is 2.25. The molecule has 0 aromatic carbocycles. The SMILES string of the molecule is NS(=O)(=O)c1cn[nH]c1C1CCCC1. The van der Waals surface area contributed by atoms with Gasteiger partial charge in [-0.25, -0.2) is 13.6 Å². The van der Waals surface area contributed by atoms with E-state index in [0.717, 1.165) is 25.7 Å². The quantitative estimate of drug-likeness (QED) is 0.761. The molecule has 1 aliphatic rings. The fraction of sp³-hybridized carbons (Fsp3) is 0.625. The summed E-state index contributed by atoms with van der Waals surface area (Å²) in [6.07, 6.45) is 5.62. The van der Waals surface area contributed by atoms with Crippen LogP contribution in [0.2, 0.25) is 0 Å². The summed E-state index contributed by atoms with van der Waals surface area (Å²) in [4.78, 5) is 0.157. The first-order valence-corrected chi connectivity index (χ1v) is 6.20. The summed E-state index contributed by atoms with van der Waals surface area (Å²) < 4.78 is 22.4. The molecule has 1 aromatic rings. The lowest BCUT2D eigenvalue weighted by atomic mass is 10.1. The normalized spacial score (nSPS) is 18.9. The number of nitrogens with one attached hydrogen (secondary N) is 1. The van der Waals surface area contributed by atoms with E-state index in [4.69, 9.17) is 5.14 Å². The minimum Gasteiger partial charge on any atom is -0.281 e. The van der Waals surface area contributed by atoms with Crippen LogP contribution in [0.25, 0.3) is 0 Å². The van der Waals surface area contributed by atoms with Gasteiger partial charge in [0.15, 0.2) is 0 Å². The van der Waals surface area contributed by atoms with E-state index in [1.807, 2.05) is 0 Å². The summed E-state index contributed by atoms with van der Waals surface area (Å²) in [5, 5.41) is 11.6. The zero-order chi connectivity index (χ0) is 10.2. The van der Waals surface area contributed by atoms with Crippen molar-refractivity contribution in [3.05, 3.63) is 11.9 Å². The van der Waals surface area contributed by atoms with Crippen LogP contribution in [0.1, 0.15) is 37.3 Å². The smallest absolute Gasteiger partial charge is 0.241 e. The Hall–Kier alpha value is -0.880. The third-order valence-electron chi connectivity index (χ3n) is 2.70. The second kappa shape index (κ2) is 3.36. The van der Waals surface area contributed by atoms with Crippen LogP contribution in [0.15, 0.2) is 11.1 Å². The van der Waals surface area contributed by atoms with Crippen molar-refractivity contribution in [2.45, 2.75) is 36.5 Å². The molecule has 1 aliphatic carbocycles. The highest BCUT2D eigenvalue weighted by molar-refractivity contribution is 7.89. The number of nitrogens with zero attached hydrogens (tertiary/aromatic N) is 1. The lowest BCUT2D eigenvalue weighted by Gasteiger charge is -2.07. The van der Waals surface area contributed by atoms with Crippen LogP contribution < -0.4 is 5.14 Å². The Bertz CT molecular complexity index is 418. The molecular weight excluding hydrogens is 202 g/mol. The van der Waals surface area contributed by atoms with E-state index in [9.17, 15) is 8.42 Å². The molecule has 1 heterocycles. The molecule has 0 amide bonds. The van der Waals surface area contributed by atoms with Gasteiger partial charge in [0, 0.05) is 5.92 Å². The minimum atomic E-state index is -3.62. The third-order valence-corrected chi connectivity index (χ3v) is 3.64. The maximum absolute atomic E-state index is 11.2. The van der Waals surface area contributed by atoms with E-state index in [1.165, 1.54) is 6.20 Å². The van der Waals surface area contributed by atoms with Crippen molar-refractivity contribution in [1.82, 2.24) is 10.2 Å². The van der Waals surface area contributed by atoms with Crippen LogP contribution in [0.4, 0.5) is 0 Å². The van der Waals surface area contributed by atoms with Gasteiger partial charge in [0.2, 0.25) is 10.0 Å². The molecule has 0 unspecified atom stereocenters. The number of hydrogen-bond acceptors (Lipinski definition) is 3. The largest absolute Gasteiger partial charge is 0.281 e. The number of rotatable bonds is 2.